The molecule has 0 unspecified atom stereocenters. The maximum atomic E-state index is 13.9. The number of rotatable bonds is 4. The van der Waals surface area contributed by atoms with Gasteiger partial charge >= 0.3 is 12.4 Å². The van der Waals surface area contributed by atoms with Gasteiger partial charge in [-0.25, -0.2) is 13.7 Å². The number of hydrogen-bond acceptors (Lipinski definition) is 4. The van der Waals surface area contributed by atoms with Crippen LogP contribution in [0.15, 0.2) is 36.8 Å². The molecule has 0 atom stereocenters. The number of urea groups is 1. The first-order chi connectivity index (χ1) is 16.0. The number of imidazole rings is 1. The molecule has 2 N–H and O–H groups in total. The van der Waals surface area contributed by atoms with Crippen molar-refractivity contribution in [2.75, 3.05) is 18.4 Å². The van der Waals surface area contributed by atoms with E-state index in [9.17, 15) is 27.2 Å². The number of aryl methyl sites for hydroxylation is 1. The molecule has 9 nitrogen and oxygen atoms in total. The number of benzene rings is 1. The lowest BCUT2D eigenvalue weighted by atomic mass is 9.60. The van der Waals surface area contributed by atoms with Crippen molar-refractivity contribution in [3.05, 3.63) is 48.2 Å². The molecule has 1 aromatic carbocycles. The lowest BCUT2D eigenvalue weighted by Crippen LogP contribution is -2.67. The standard InChI is InChI=1S/C21H20F4N6O3/c1-29-4-5-31-17(29)14(9-26-31)18(32)30-10-20(11-30)7-12(8-20)27-19(33)28-16-6-13(2-3-15(16)22)34-21(23,24)25/h2-6,9,12H,7-8,10-11H2,1H3,(H2,27,28,33). The van der Waals surface area contributed by atoms with Gasteiger partial charge in [-0.15, -0.1) is 13.2 Å². The average Bonchev–Trinajstić information content (AvgIpc) is 3.27. The van der Waals surface area contributed by atoms with Gasteiger partial charge in [0.2, 0.25) is 0 Å². The van der Waals surface area contributed by atoms with E-state index in [0.717, 1.165) is 18.2 Å². The zero-order chi connectivity index (χ0) is 24.3. The van der Waals surface area contributed by atoms with Gasteiger partial charge in [-0.05, 0) is 25.0 Å². The number of anilines is 1. The van der Waals surface area contributed by atoms with Crippen LogP contribution in [0.4, 0.5) is 28.0 Å². The first-order valence-corrected chi connectivity index (χ1v) is 10.4. The molecule has 1 aliphatic heterocycles. The van der Waals surface area contributed by atoms with Crippen molar-refractivity contribution in [1.82, 2.24) is 24.4 Å². The van der Waals surface area contributed by atoms with E-state index in [1.807, 2.05) is 17.8 Å². The molecular formula is C21H20F4N6O3. The first kappa shape index (κ1) is 22.0. The number of nitrogens with zero attached hydrogens (tertiary/aromatic N) is 4. The summed E-state index contributed by atoms with van der Waals surface area (Å²) in [6, 6.07) is 1.43. The number of hydrogen-bond donors (Lipinski definition) is 2. The van der Waals surface area contributed by atoms with Gasteiger partial charge in [0.25, 0.3) is 5.91 Å². The van der Waals surface area contributed by atoms with Crippen molar-refractivity contribution >= 4 is 23.3 Å². The van der Waals surface area contributed by atoms with Gasteiger partial charge in [0.15, 0.2) is 0 Å². The van der Waals surface area contributed by atoms with Crippen molar-refractivity contribution in [3.63, 3.8) is 0 Å². The highest BCUT2D eigenvalue weighted by molar-refractivity contribution is 6.00. The van der Waals surface area contributed by atoms with Crippen LogP contribution in [-0.4, -0.2) is 56.5 Å². The number of halogens is 4. The fourth-order valence-electron chi connectivity index (χ4n) is 4.77. The van der Waals surface area contributed by atoms with Crippen LogP contribution in [-0.2, 0) is 7.05 Å². The van der Waals surface area contributed by atoms with E-state index in [-0.39, 0.29) is 17.4 Å². The van der Waals surface area contributed by atoms with Gasteiger partial charge in [0, 0.05) is 50.1 Å². The number of aromatic nitrogens is 3. The molecule has 2 fully saturated rings. The molecule has 3 heterocycles. The van der Waals surface area contributed by atoms with E-state index in [4.69, 9.17) is 0 Å². The predicted molar refractivity (Wildman–Crippen MR) is 111 cm³/mol. The zero-order valence-corrected chi connectivity index (χ0v) is 17.9. The van der Waals surface area contributed by atoms with E-state index in [1.54, 1.807) is 21.8 Å². The molecule has 5 rings (SSSR count). The van der Waals surface area contributed by atoms with Gasteiger partial charge in [0.05, 0.1) is 11.9 Å². The Morgan fingerprint density at radius 2 is 1.94 bits per heavy atom. The molecule has 34 heavy (non-hydrogen) atoms. The van der Waals surface area contributed by atoms with E-state index in [2.05, 4.69) is 20.5 Å². The van der Waals surface area contributed by atoms with Crippen LogP contribution >= 0.6 is 0 Å². The highest BCUT2D eigenvalue weighted by Gasteiger charge is 2.54. The third kappa shape index (κ3) is 4.01. The van der Waals surface area contributed by atoms with Crippen LogP contribution < -0.4 is 15.4 Å². The third-order valence-electron chi connectivity index (χ3n) is 6.22. The third-order valence-corrected chi connectivity index (χ3v) is 6.22. The Labute approximate surface area is 190 Å². The van der Waals surface area contributed by atoms with Gasteiger partial charge in [-0.3, -0.25) is 4.79 Å². The van der Waals surface area contributed by atoms with Crippen LogP contribution in [0.1, 0.15) is 23.2 Å². The van der Waals surface area contributed by atoms with E-state index in [0.29, 0.717) is 37.1 Å². The minimum atomic E-state index is -4.93. The SMILES string of the molecule is Cn1ccn2ncc(C(=O)N3CC4(CC(NC(=O)Nc5cc(OC(F)(F)F)ccc5F)C4)C3)c12. The summed E-state index contributed by atoms with van der Waals surface area (Å²) in [5.41, 5.74) is 0.726. The number of nitrogens with one attached hydrogen (secondary N) is 2. The predicted octanol–water partition coefficient (Wildman–Crippen LogP) is 3.14. The van der Waals surface area contributed by atoms with Crippen molar-refractivity contribution in [2.24, 2.45) is 12.5 Å². The first-order valence-electron chi connectivity index (χ1n) is 10.4. The Hall–Kier alpha value is -3.77. The fraction of sp³-hybridized carbons (Fsp3) is 0.381. The van der Waals surface area contributed by atoms with Crippen molar-refractivity contribution in [2.45, 2.75) is 25.2 Å². The maximum absolute atomic E-state index is 13.9. The van der Waals surface area contributed by atoms with E-state index in [1.165, 1.54) is 0 Å². The molecule has 1 aliphatic carbocycles. The highest BCUT2D eigenvalue weighted by Crippen LogP contribution is 2.48. The molecular weight excluding hydrogens is 460 g/mol. The Bertz CT molecular complexity index is 1270. The second-order valence-corrected chi connectivity index (χ2v) is 8.79. The number of fused-ring (bicyclic) bond motifs is 1. The number of likely N-dealkylation sites (tertiary alicyclic amines) is 1. The number of alkyl halides is 3. The summed E-state index contributed by atoms with van der Waals surface area (Å²) in [6.45, 7) is 1.11. The largest absolute Gasteiger partial charge is 0.573 e. The average molecular weight is 480 g/mol. The molecule has 3 amide bonds. The second kappa shape index (κ2) is 7.64. The summed E-state index contributed by atoms with van der Waals surface area (Å²) in [6.07, 6.45) is 1.47. The van der Waals surface area contributed by atoms with Crippen LogP contribution in [0.25, 0.3) is 5.65 Å². The van der Waals surface area contributed by atoms with Crippen LogP contribution in [0.5, 0.6) is 5.75 Å². The summed E-state index contributed by atoms with van der Waals surface area (Å²) >= 11 is 0. The molecule has 1 saturated carbocycles. The Morgan fingerprint density at radius 3 is 2.65 bits per heavy atom. The fourth-order valence-corrected chi connectivity index (χ4v) is 4.77. The normalized spacial score (nSPS) is 17.4. The van der Waals surface area contributed by atoms with Crippen molar-refractivity contribution in [3.8, 4) is 5.75 Å². The van der Waals surface area contributed by atoms with Gasteiger partial charge < -0.3 is 24.8 Å². The molecule has 1 spiro atoms. The smallest absolute Gasteiger partial charge is 0.406 e. The Kier molecular flexibility index (Phi) is 4.95. The lowest BCUT2D eigenvalue weighted by molar-refractivity contribution is -0.274. The molecule has 1 saturated heterocycles. The number of carbonyl (C=O) groups excluding carboxylic acids is 2. The number of amides is 3. The summed E-state index contributed by atoms with van der Waals surface area (Å²) in [5.74, 6) is -1.64. The topological polar surface area (TPSA) is 92.9 Å². The maximum Gasteiger partial charge on any atom is 0.573 e. The lowest BCUT2D eigenvalue weighted by Gasteiger charge is -2.58. The van der Waals surface area contributed by atoms with Crippen LogP contribution in [0, 0.1) is 11.2 Å². The molecule has 180 valence electrons. The second-order valence-electron chi connectivity index (χ2n) is 8.79. The minimum Gasteiger partial charge on any atom is -0.406 e. The molecule has 3 aromatic rings. The zero-order valence-electron chi connectivity index (χ0n) is 17.9. The molecule has 0 radical (unpaired) electrons. The van der Waals surface area contributed by atoms with Crippen LogP contribution in [0.2, 0.25) is 0 Å². The monoisotopic (exact) mass is 480 g/mol. The Balaban J connectivity index is 1.12. The van der Waals surface area contributed by atoms with Crippen molar-refractivity contribution in [1.29, 1.82) is 0 Å². The van der Waals surface area contributed by atoms with Gasteiger partial charge in [-0.2, -0.15) is 5.10 Å². The Morgan fingerprint density at radius 1 is 1.21 bits per heavy atom. The molecule has 0 bridgehead atoms. The van der Waals surface area contributed by atoms with Crippen LogP contribution in [0.3, 0.4) is 0 Å². The molecule has 13 heteroatoms. The summed E-state index contributed by atoms with van der Waals surface area (Å²) in [4.78, 5) is 26.8. The van der Waals surface area contributed by atoms with E-state index < -0.39 is 29.6 Å². The van der Waals surface area contributed by atoms with Gasteiger partial charge in [0.1, 0.15) is 22.8 Å². The van der Waals surface area contributed by atoms with E-state index >= 15 is 0 Å². The summed E-state index contributed by atoms with van der Waals surface area (Å²) in [5, 5.41) is 9.08. The molecule has 2 aliphatic rings. The quantitative estimate of drug-likeness (QED) is 0.562. The van der Waals surface area contributed by atoms with Gasteiger partial charge in [-0.1, -0.05) is 0 Å². The molecule has 2 aromatic heterocycles. The minimum absolute atomic E-state index is 0.0835. The summed E-state index contributed by atoms with van der Waals surface area (Å²) in [7, 11) is 1.84. The summed E-state index contributed by atoms with van der Waals surface area (Å²) < 4.78 is 58.2. The van der Waals surface area contributed by atoms with Crippen molar-refractivity contribution < 1.29 is 31.9 Å². The number of ether oxygens (including phenoxy) is 1. The number of carbonyl (C=O) groups is 2. The highest BCUT2D eigenvalue weighted by atomic mass is 19.4.